The molecular formula is C14H17Cl2NO2. The molecule has 0 bridgehead atoms. The second-order valence-corrected chi connectivity index (χ2v) is 5.77. The smallest absolute Gasteiger partial charge is 0.255 e. The maximum atomic E-state index is 12.6. The minimum atomic E-state index is -0.540. The zero-order valence-electron chi connectivity index (χ0n) is 10.8. The molecule has 0 aromatic heterocycles. The monoisotopic (exact) mass is 301 g/mol. The number of carbonyl (C=O) groups excluding carboxylic acids is 1. The first-order valence-electron chi connectivity index (χ1n) is 6.45. The topological polar surface area (TPSA) is 40.5 Å². The molecule has 1 N–H and O–H groups in total. The summed E-state index contributed by atoms with van der Waals surface area (Å²) in [6.45, 7) is 2.37. The van der Waals surface area contributed by atoms with Gasteiger partial charge in [0.2, 0.25) is 0 Å². The second-order valence-electron chi connectivity index (χ2n) is 4.93. The predicted octanol–water partition coefficient (Wildman–Crippen LogP) is 3.37. The lowest BCUT2D eigenvalue weighted by Crippen LogP contribution is -2.49. The van der Waals surface area contributed by atoms with Crippen molar-refractivity contribution < 1.29 is 9.90 Å². The Bertz CT molecular complexity index is 477. The third kappa shape index (κ3) is 3.22. The molecule has 2 atom stereocenters. The number of carbonyl (C=O) groups is 1. The molecule has 1 heterocycles. The Kier molecular flexibility index (Phi) is 4.71. The second kappa shape index (κ2) is 6.12. The maximum Gasteiger partial charge on any atom is 0.255 e. The lowest BCUT2D eigenvalue weighted by molar-refractivity contribution is 0.0281. The number of halogens is 2. The third-order valence-electron chi connectivity index (χ3n) is 3.53. The Morgan fingerprint density at radius 1 is 1.42 bits per heavy atom. The quantitative estimate of drug-likeness (QED) is 0.910. The van der Waals surface area contributed by atoms with Crippen LogP contribution in [-0.2, 0) is 0 Å². The van der Waals surface area contributed by atoms with Gasteiger partial charge in [-0.15, -0.1) is 0 Å². The van der Waals surface area contributed by atoms with Gasteiger partial charge in [-0.05, 0) is 44.4 Å². The highest BCUT2D eigenvalue weighted by Gasteiger charge is 2.31. The molecule has 0 saturated carbocycles. The molecule has 104 valence electrons. The van der Waals surface area contributed by atoms with Gasteiger partial charge >= 0.3 is 0 Å². The summed E-state index contributed by atoms with van der Waals surface area (Å²) in [5, 5.41) is 10.7. The van der Waals surface area contributed by atoms with Crippen LogP contribution in [0.3, 0.4) is 0 Å². The lowest BCUT2D eigenvalue weighted by atomic mass is 9.97. The van der Waals surface area contributed by atoms with Crippen molar-refractivity contribution in [3.05, 3.63) is 33.8 Å². The molecule has 2 unspecified atom stereocenters. The number of likely N-dealkylation sites (tertiary alicyclic amines) is 1. The maximum absolute atomic E-state index is 12.6. The van der Waals surface area contributed by atoms with Gasteiger partial charge in [-0.3, -0.25) is 4.79 Å². The fraction of sp³-hybridized carbons (Fsp3) is 0.500. The molecule has 5 heteroatoms. The summed E-state index contributed by atoms with van der Waals surface area (Å²) in [4.78, 5) is 14.3. The van der Waals surface area contributed by atoms with Crippen molar-refractivity contribution in [3.63, 3.8) is 0 Å². The molecular weight excluding hydrogens is 285 g/mol. The fourth-order valence-electron chi connectivity index (χ4n) is 2.53. The molecule has 0 aliphatic carbocycles. The van der Waals surface area contributed by atoms with Gasteiger partial charge in [0, 0.05) is 11.6 Å². The van der Waals surface area contributed by atoms with Crippen LogP contribution in [0.2, 0.25) is 10.0 Å². The number of amides is 1. The third-order valence-corrected chi connectivity index (χ3v) is 4.09. The van der Waals surface area contributed by atoms with Crippen LogP contribution in [0.25, 0.3) is 0 Å². The van der Waals surface area contributed by atoms with Gasteiger partial charge in [0.15, 0.2) is 0 Å². The van der Waals surface area contributed by atoms with Crippen molar-refractivity contribution in [1.29, 1.82) is 0 Å². The van der Waals surface area contributed by atoms with E-state index in [2.05, 4.69) is 0 Å². The highest BCUT2D eigenvalue weighted by Crippen LogP contribution is 2.26. The van der Waals surface area contributed by atoms with Gasteiger partial charge in [-0.1, -0.05) is 23.2 Å². The van der Waals surface area contributed by atoms with E-state index in [0.717, 1.165) is 19.3 Å². The van der Waals surface area contributed by atoms with Crippen molar-refractivity contribution >= 4 is 29.1 Å². The molecule has 1 saturated heterocycles. The summed E-state index contributed by atoms with van der Waals surface area (Å²) in [6, 6.07) is 4.72. The van der Waals surface area contributed by atoms with Crippen LogP contribution in [0.5, 0.6) is 0 Å². The Balaban J connectivity index is 2.28. The highest BCUT2D eigenvalue weighted by molar-refractivity contribution is 6.35. The van der Waals surface area contributed by atoms with Crippen LogP contribution in [0, 0.1) is 0 Å². The van der Waals surface area contributed by atoms with Crippen LogP contribution < -0.4 is 0 Å². The van der Waals surface area contributed by atoms with Gasteiger partial charge in [-0.2, -0.15) is 0 Å². The van der Waals surface area contributed by atoms with Crippen molar-refractivity contribution in [2.24, 2.45) is 0 Å². The summed E-state index contributed by atoms with van der Waals surface area (Å²) in [7, 11) is 0. The summed E-state index contributed by atoms with van der Waals surface area (Å²) < 4.78 is 0. The zero-order valence-corrected chi connectivity index (χ0v) is 12.3. The molecule has 0 radical (unpaired) electrons. The minimum absolute atomic E-state index is 0.142. The average molecular weight is 302 g/mol. The molecule has 1 aliphatic rings. The summed E-state index contributed by atoms with van der Waals surface area (Å²) in [5.41, 5.74) is 0.404. The minimum Gasteiger partial charge on any atom is -0.391 e. The van der Waals surface area contributed by atoms with Gasteiger partial charge in [0.05, 0.1) is 22.7 Å². The molecule has 1 amide bonds. The van der Waals surface area contributed by atoms with Crippen molar-refractivity contribution in [2.45, 2.75) is 38.3 Å². The van der Waals surface area contributed by atoms with Gasteiger partial charge in [0.1, 0.15) is 0 Å². The van der Waals surface area contributed by atoms with Gasteiger partial charge in [0.25, 0.3) is 5.91 Å². The van der Waals surface area contributed by atoms with Crippen LogP contribution in [0.4, 0.5) is 0 Å². The number of hydrogen-bond donors (Lipinski definition) is 1. The van der Waals surface area contributed by atoms with E-state index < -0.39 is 6.10 Å². The van der Waals surface area contributed by atoms with Crippen molar-refractivity contribution in [2.75, 3.05) is 6.54 Å². The predicted molar refractivity (Wildman–Crippen MR) is 76.8 cm³/mol. The first-order chi connectivity index (χ1) is 9.00. The van der Waals surface area contributed by atoms with E-state index in [9.17, 15) is 9.90 Å². The molecule has 2 rings (SSSR count). The van der Waals surface area contributed by atoms with Crippen LogP contribution >= 0.6 is 23.2 Å². The normalized spacial score (nSPS) is 21.3. The molecule has 0 spiro atoms. The summed E-state index contributed by atoms with van der Waals surface area (Å²) >= 11 is 12.0. The number of hydrogen-bond acceptors (Lipinski definition) is 2. The highest BCUT2D eigenvalue weighted by atomic mass is 35.5. The number of piperidine rings is 1. The average Bonchev–Trinajstić information content (AvgIpc) is 2.40. The van der Waals surface area contributed by atoms with E-state index in [1.165, 1.54) is 0 Å². The SMILES string of the molecule is CC(O)C1CCCCN1C(=O)c1cc(Cl)ccc1Cl. The van der Waals surface area contributed by atoms with E-state index >= 15 is 0 Å². The first kappa shape index (κ1) is 14.6. The zero-order chi connectivity index (χ0) is 14.0. The molecule has 3 nitrogen and oxygen atoms in total. The number of aliphatic hydroxyl groups excluding tert-OH is 1. The van der Waals surface area contributed by atoms with Gasteiger partial charge < -0.3 is 10.0 Å². The molecule has 1 aromatic carbocycles. The van der Waals surface area contributed by atoms with Crippen LogP contribution in [0.15, 0.2) is 18.2 Å². The van der Waals surface area contributed by atoms with E-state index in [0.29, 0.717) is 22.2 Å². The molecule has 19 heavy (non-hydrogen) atoms. The molecule has 1 aliphatic heterocycles. The number of nitrogens with zero attached hydrogens (tertiary/aromatic N) is 1. The van der Waals surface area contributed by atoms with Gasteiger partial charge in [-0.25, -0.2) is 0 Å². The largest absolute Gasteiger partial charge is 0.391 e. The summed E-state index contributed by atoms with van der Waals surface area (Å²) in [5.74, 6) is -0.155. The van der Waals surface area contributed by atoms with Crippen LogP contribution in [-0.4, -0.2) is 34.6 Å². The Hall–Kier alpha value is -0.770. The number of aliphatic hydroxyl groups is 1. The Morgan fingerprint density at radius 2 is 2.16 bits per heavy atom. The Labute approximate surface area is 123 Å². The van der Waals surface area contributed by atoms with E-state index in [1.807, 2.05) is 0 Å². The van der Waals surface area contributed by atoms with E-state index in [4.69, 9.17) is 23.2 Å². The number of benzene rings is 1. The van der Waals surface area contributed by atoms with E-state index in [1.54, 1.807) is 30.0 Å². The van der Waals surface area contributed by atoms with Crippen molar-refractivity contribution in [3.8, 4) is 0 Å². The molecule has 1 aromatic rings. The fourth-order valence-corrected chi connectivity index (χ4v) is 2.90. The number of rotatable bonds is 2. The van der Waals surface area contributed by atoms with E-state index in [-0.39, 0.29) is 11.9 Å². The Morgan fingerprint density at radius 3 is 2.84 bits per heavy atom. The standard InChI is InChI=1S/C14H17Cl2NO2/c1-9(18)13-4-2-3-7-17(13)14(19)11-8-10(15)5-6-12(11)16/h5-6,8-9,13,18H,2-4,7H2,1H3. The molecule has 1 fully saturated rings. The lowest BCUT2D eigenvalue weighted by Gasteiger charge is -2.37. The van der Waals surface area contributed by atoms with Crippen LogP contribution in [0.1, 0.15) is 36.5 Å². The summed E-state index contributed by atoms with van der Waals surface area (Å²) in [6.07, 6.45) is 2.26. The first-order valence-corrected chi connectivity index (χ1v) is 7.20. The van der Waals surface area contributed by atoms with Crippen molar-refractivity contribution in [1.82, 2.24) is 4.90 Å².